The number of hydrogen-bond acceptors (Lipinski definition) is 8. The van der Waals surface area contributed by atoms with Crippen LogP contribution in [0.4, 0.5) is 30.6 Å². The highest BCUT2D eigenvalue weighted by Crippen LogP contribution is 2.37. The fourth-order valence-electron chi connectivity index (χ4n) is 4.63. The molecule has 1 aromatic carbocycles. The average molecular weight is 654 g/mol. The number of pyridine rings is 3. The molecule has 0 atom stereocenters. The van der Waals surface area contributed by atoms with Crippen molar-refractivity contribution in [1.82, 2.24) is 24.1 Å². The van der Waals surface area contributed by atoms with Crippen molar-refractivity contribution in [2.24, 2.45) is 13.0 Å². The Morgan fingerprint density at radius 1 is 1.13 bits per heavy atom. The first-order chi connectivity index (χ1) is 22.1. The minimum Gasteiger partial charge on any atom is -0.454 e. The van der Waals surface area contributed by atoms with E-state index in [-0.39, 0.29) is 59.6 Å². The van der Waals surface area contributed by atoms with Crippen LogP contribution < -0.4 is 20.9 Å². The molecule has 1 aliphatic rings. The van der Waals surface area contributed by atoms with Gasteiger partial charge in [0.2, 0.25) is 11.9 Å². The van der Waals surface area contributed by atoms with Gasteiger partial charge in [-0.05, 0) is 30.5 Å². The van der Waals surface area contributed by atoms with Gasteiger partial charge in [0.25, 0.3) is 5.56 Å². The number of carbonyl (C=O) groups is 1. The van der Waals surface area contributed by atoms with Gasteiger partial charge in [0.05, 0.1) is 25.0 Å². The van der Waals surface area contributed by atoms with Gasteiger partial charge in [-0.25, -0.2) is 9.97 Å². The van der Waals surface area contributed by atoms with E-state index in [4.69, 9.17) is 21.1 Å². The number of halogens is 4. The van der Waals surface area contributed by atoms with Crippen molar-refractivity contribution in [3.8, 4) is 11.5 Å². The number of hydrogen-bond donors (Lipinski definition) is 2. The van der Waals surface area contributed by atoms with Gasteiger partial charge in [0.15, 0.2) is 11.4 Å². The second-order valence-electron chi connectivity index (χ2n) is 10.6. The van der Waals surface area contributed by atoms with Gasteiger partial charge in [-0.1, -0.05) is 41.9 Å². The summed E-state index contributed by atoms with van der Waals surface area (Å²) in [5, 5.41) is 5.59. The zero-order valence-corrected chi connectivity index (χ0v) is 25.1. The summed E-state index contributed by atoms with van der Waals surface area (Å²) in [6, 6.07) is 13.1. The van der Waals surface area contributed by atoms with Gasteiger partial charge < -0.3 is 29.2 Å². The number of alkyl halides is 3. The standard InChI is InChI=1S/C31H27ClF3N7O4/c1-41-26-25(32)23(46-21-9-10-36-24(14-21)39-28(43)19-7-8-19)15-37-27(26)40-30(41)38-22-13-20(31(33,34)35)16-42(29(22)44)11-12-45-17-18-5-3-2-4-6-18/h2-6,9-10,13-16,19H,7-8,11-12,17H2,1H3,(H,36,39,43)(H,37,38,40). The molecule has 4 aromatic heterocycles. The molecule has 2 N–H and O–H groups in total. The van der Waals surface area contributed by atoms with Gasteiger partial charge >= 0.3 is 6.18 Å². The fraction of sp³-hybridized carbons (Fsp3) is 0.258. The van der Waals surface area contributed by atoms with E-state index in [1.807, 2.05) is 30.3 Å². The summed E-state index contributed by atoms with van der Waals surface area (Å²) in [5.74, 6) is 0.732. The molecule has 0 bridgehead atoms. The first-order valence-electron chi connectivity index (χ1n) is 14.2. The fourth-order valence-corrected chi connectivity index (χ4v) is 4.93. The molecule has 1 aliphatic carbocycles. The Morgan fingerprint density at radius 3 is 2.65 bits per heavy atom. The van der Waals surface area contributed by atoms with Gasteiger partial charge in [-0.3, -0.25) is 9.59 Å². The summed E-state index contributed by atoms with van der Waals surface area (Å²) >= 11 is 6.68. The van der Waals surface area contributed by atoms with Crippen molar-refractivity contribution in [2.75, 3.05) is 17.2 Å². The van der Waals surface area contributed by atoms with E-state index < -0.39 is 17.3 Å². The van der Waals surface area contributed by atoms with Crippen LogP contribution in [0.2, 0.25) is 5.02 Å². The predicted molar refractivity (Wildman–Crippen MR) is 164 cm³/mol. The lowest BCUT2D eigenvalue weighted by Gasteiger charge is -2.15. The van der Waals surface area contributed by atoms with Crippen LogP contribution in [0.3, 0.4) is 0 Å². The number of aryl methyl sites for hydroxylation is 1. The number of anilines is 3. The molecule has 4 heterocycles. The molecule has 0 saturated heterocycles. The Balaban J connectivity index is 1.23. The Labute approximate surface area is 265 Å². The normalized spacial score (nSPS) is 13.2. The number of nitrogens with one attached hydrogen (secondary N) is 2. The number of benzene rings is 1. The van der Waals surface area contributed by atoms with Crippen LogP contribution in [0.25, 0.3) is 11.2 Å². The van der Waals surface area contributed by atoms with E-state index in [0.717, 1.165) is 35.2 Å². The van der Waals surface area contributed by atoms with E-state index in [1.54, 1.807) is 19.2 Å². The lowest BCUT2D eigenvalue weighted by molar-refractivity contribution is -0.138. The van der Waals surface area contributed by atoms with Crippen LogP contribution in [0, 0.1) is 5.92 Å². The summed E-state index contributed by atoms with van der Waals surface area (Å²) in [6.45, 7) is 0.149. The van der Waals surface area contributed by atoms with Crippen LogP contribution in [0.1, 0.15) is 24.0 Å². The molecule has 1 fully saturated rings. The number of fused-ring (bicyclic) bond motifs is 1. The van der Waals surface area contributed by atoms with E-state index in [1.165, 1.54) is 17.0 Å². The topological polar surface area (TPSA) is 125 Å². The molecule has 1 saturated carbocycles. The Hall–Kier alpha value is -4.95. The summed E-state index contributed by atoms with van der Waals surface area (Å²) in [4.78, 5) is 38.1. The molecular weight excluding hydrogens is 627 g/mol. The smallest absolute Gasteiger partial charge is 0.417 e. The molecule has 6 rings (SSSR count). The van der Waals surface area contributed by atoms with Crippen LogP contribution in [-0.2, 0) is 35.9 Å². The highest BCUT2D eigenvalue weighted by atomic mass is 35.5. The highest BCUT2D eigenvalue weighted by molar-refractivity contribution is 6.36. The number of amides is 1. The second kappa shape index (κ2) is 12.8. The third kappa shape index (κ3) is 6.97. The molecule has 15 heteroatoms. The number of imidazole rings is 1. The van der Waals surface area contributed by atoms with E-state index in [9.17, 15) is 22.8 Å². The maximum absolute atomic E-state index is 13.8. The predicted octanol–water partition coefficient (Wildman–Crippen LogP) is 6.30. The van der Waals surface area contributed by atoms with Crippen molar-refractivity contribution in [2.45, 2.75) is 32.2 Å². The zero-order valence-electron chi connectivity index (χ0n) is 24.3. The van der Waals surface area contributed by atoms with Crippen LogP contribution in [0.15, 0.2) is 71.9 Å². The molecular formula is C31H27ClF3N7O4. The maximum Gasteiger partial charge on any atom is 0.417 e. The molecule has 46 heavy (non-hydrogen) atoms. The molecule has 1 amide bonds. The minimum absolute atomic E-state index is 0.00201. The van der Waals surface area contributed by atoms with E-state index >= 15 is 0 Å². The summed E-state index contributed by atoms with van der Waals surface area (Å²) in [5.41, 5.74) is -0.703. The largest absolute Gasteiger partial charge is 0.454 e. The van der Waals surface area contributed by atoms with Crippen molar-refractivity contribution in [3.05, 3.63) is 93.6 Å². The van der Waals surface area contributed by atoms with Crippen molar-refractivity contribution in [3.63, 3.8) is 0 Å². The van der Waals surface area contributed by atoms with Gasteiger partial charge in [0, 0.05) is 38.0 Å². The first-order valence-corrected chi connectivity index (χ1v) is 14.6. The lowest BCUT2D eigenvalue weighted by atomic mass is 10.2. The molecule has 0 spiro atoms. The summed E-state index contributed by atoms with van der Waals surface area (Å²) < 4.78 is 55.4. The quantitative estimate of drug-likeness (QED) is 0.159. The summed E-state index contributed by atoms with van der Waals surface area (Å²) in [7, 11) is 1.57. The molecule has 238 valence electrons. The Kier molecular flexibility index (Phi) is 8.65. The van der Waals surface area contributed by atoms with Gasteiger partial charge in [-0.15, -0.1) is 0 Å². The molecule has 0 radical (unpaired) electrons. The number of nitrogens with zero attached hydrogens (tertiary/aromatic N) is 5. The molecule has 0 unspecified atom stereocenters. The Bertz CT molecular complexity index is 1960. The number of carbonyl (C=O) groups excluding carboxylic acids is 1. The third-order valence-corrected chi connectivity index (χ3v) is 7.58. The van der Waals surface area contributed by atoms with Gasteiger partial charge in [0.1, 0.15) is 27.8 Å². The minimum atomic E-state index is -4.71. The first kappa shape index (κ1) is 31.0. The van der Waals surface area contributed by atoms with Crippen LogP contribution in [0.5, 0.6) is 11.5 Å². The number of rotatable bonds is 11. The summed E-state index contributed by atoms with van der Waals surface area (Å²) in [6.07, 6.45) is 0.557. The molecule has 0 aliphatic heterocycles. The van der Waals surface area contributed by atoms with Crippen molar-refractivity contribution >= 4 is 46.1 Å². The lowest BCUT2D eigenvalue weighted by Crippen LogP contribution is -2.26. The monoisotopic (exact) mass is 653 g/mol. The van der Waals surface area contributed by atoms with Gasteiger partial charge in [-0.2, -0.15) is 18.2 Å². The third-order valence-electron chi connectivity index (χ3n) is 7.21. The highest BCUT2D eigenvalue weighted by Gasteiger charge is 2.33. The van der Waals surface area contributed by atoms with E-state index in [0.29, 0.717) is 17.1 Å². The second-order valence-corrected chi connectivity index (χ2v) is 11.0. The van der Waals surface area contributed by atoms with Crippen molar-refractivity contribution < 1.29 is 27.4 Å². The molecule has 11 nitrogen and oxygen atoms in total. The van der Waals surface area contributed by atoms with Crippen LogP contribution in [-0.4, -0.2) is 36.6 Å². The maximum atomic E-state index is 13.8. The van der Waals surface area contributed by atoms with Crippen molar-refractivity contribution in [1.29, 1.82) is 0 Å². The van der Waals surface area contributed by atoms with E-state index in [2.05, 4.69) is 25.6 Å². The Morgan fingerprint density at radius 2 is 1.91 bits per heavy atom. The van der Waals surface area contributed by atoms with Crippen LogP contribution >= 0.6 is 11.6 Å². The average Bonchev–Trinajstić information content (AvgIpc) is 3.83. The number of aromatic nitrogens is 5. The molecule has 5 aromatic rings. The number of ether oxygens (including phenoxy) is 2. The zero-order chi connectivity index (χ0) is 32.4. The SMILES string of the molecule is Cn1c(Nc2cc(C(F)(F)F)cn(CCOCc3ccccc3)c2=O)nc2ncc(Oc3ccnc(NC(=O)C4CC4)c3)c(Cl)c21.